The SMILES string of the molecule is BC(C)(CC)CC(C)CC. The summed E-state index contributed by atoms with van der Waals surface area (Å²) in [5, 5.41) is 0.565. The number of hydrogen-bond donors (Lipinski definition) is 0. The second kappa shape index (κ2) is 4.05. The number of hydrogen-bond acceptors (Lipinski definition) is 0. The summed E-state index contributed by atoms with van der Waals surface area (Å²) in [5.41, 5.74) is 0. The first-order valence-corrected chi connectivity index (χ1v) is 4.52. The van der Waals surface area contributed by atoms with Crippen molar-refractivity contribution in [3.63, 3.8) is 0 Å². The number of rotatable bonds is 4. The third kappa shape index (κ3) is 3.97. The van der Waals surface area contributed by atoms with E-state index in [9.17, 15) is 0 Å². The summed E-state index contributed by atoms with van der Waals surface area (Å²) in [4.78, 5) is 0. The van der Waals surface area contributed by atoms with Crippen molar-refractivity contribution in [3.8, 4) is 0 Å². The lowest BCUT2D eigenvalue weighted by Gasteiger charge is -2.25. The second-order valence-corrected chi connectivity index (χ2v) is 4.24. The second-order valence-electron chi connectivity index (χ2n) is 4.24. The molecule has 2 unspecified atom stereocenters. The molecule has 0 saturated carbocycles. The molecule has 0 spiro atoms. The monoisotopic (exact) mass is 140 g/mol. The summed E-state index contributed by atoms with van der Waals surface area (Å²) in [6.45, 7) is 9.26. The average molecular weight is 140 g/mol. The Kier molecular flexibility index (Phi) is 4.08. The molecule has 0 nitrogen and oxygen atoms in total. The predicted octanol–water partition coefficient (Wildman–Crippen LogP) is 2.64. The van der Waals surface area contributed by atoms with Crippen LogP contribution < -0.4 is 0 Å². The van der Waals surface area contributed by atoms with Crippen LogP contribution in [-0.2, 0) is 0 Å². The van der Waals surface area contributed by atoms with E-state index in [0.717, 1.165) is 5.92 Å². The standard InChI is InChI=1S/C9H21B/c1-5-8(3)7-9(4,10)6-2/h8H,5-7,10H2,1-4H3. The molecule has 0 aromatic rings. The van der Waals surface area contributed by atoms with Gasteiger partial charge in [-0.25, -0.2) is 0 Å². The maximum Gasteiger partial charge on any atom is 0.109 e. The van der Waals surface area contributed by atoms with E-state index in [2.05, 4.69) is 35.5 Å². The molecule has 2 atom stereocenters. The van der Waals surface area contributed by atoms with E-state index in [0.29, 0.717) is 5.31 Å². The molecule has 1 heteroatoms. The van der Waals surface area contributed by atoms with Crippen LogP contribution in [0.1, 0.15) is 47.0 Å². The summed E-state index contributed by atoms with van der Waals surface area (Å²) in [6.07, 6.45) is 4.00. The highest BCUT2D eigenvalue weighted by Crippen LogP contribution is 2.33. The van der Waals surface area contributed by atoms with Gasteiger partial charge in [0.25, 0.3) is 0 Å². The molecule has 0 aromatic carbocycles. The minimum atomic E-state index is 0.565. The lowest BCUT2D eigenvalue weighted by molar-refractivity contribution is 0.414. The van der Waals surface area contributed by atoms with Gasteiger partial charge in [0.05, 0.1) is 0 Å². The van der Waals surface area contributed by atoms with E-state index in [4.69, 9.17) is 0 Å². The molecule has 0 bridgehead atoms. The average Bonchev–Trinajstić information content (AvgIpc) is 1.87. The smallest absolute Gasteiger partial charge is 0.0669 e. The lowest BCUT2D eigenvalue weighted by atomic mass is 9.64. The Hall–Kier alpha value is 0.0649. The van der Waals surface area contributed by atoms with Crippen LogP contribution in [0.5, 0.6) is 0 Å². The van der Waals surface area contributed by atoms with Gasteiger partial charge >= 0.3 is 0 Å². The van der Waals surface area contributed by atoms with E-state index in [-0.39, 0.29) is 0 Å². The fraction of sp³-hybridized carbons (Fsp3) is 1.00. The highest BCUT2D eigenvalue weighted by Gasteiger charge is 2.17. The van der Waals surface area contributed by atoms with Crippen molar-refractivity contribution in [2.24, 2.45) is 5.92 Å². The molecule has 0 aliphatic carbocycles. The van der Waals surface area contributed by atoms with Crippen LogP contribution in [0.25, 0.3) is 0 Å². The van der Waals surface area contributed by atoms with Crippen molar-refractivity contribution in [2.45, 2.75) is 52.3 Å². The third-order valence-electron chi connectivity index (χ3n) is 2.56. The van der Waals surface area contributed by atoms with Crippen molar-refractivity contribution in [3.05, 3.63) is 0 Å². The van der Waals surface area contributed by atoms with Crippen LogP contribution >= 0.6 is 0 Å². The molecule has 0 amide bonds. The van der Waals surface area contributed by atoms with Crippen LogP contribution in [0, 0.1) is 5.92 Å². The van der Waals surface area contributed by atoms with Gasteiger partial charge in [-0.15, -0.1) is 0 Å². The largest absolute Gasteiger partial charge is 0.109 e. The normalized spacial score (nSPS) is 20.0. The summed E-state index contributed by atoms with van der Waals surface area (Å²) < 4.78 is 0. The molecule has 0 aromatic heterocycles. The van der Waals surface area contributed by atoms with Gasteiger partial charge in [-0.3, -0.25) is 0 Å². The first kappa shape index (κ1) is 10.1. The maximum absolute atomic E-state index is 2.36. The van der Waals surface area contributed by atoms with Gasteiger partial charge in [0.15, 0.2) is 0 Å². The van der Waals surface area contributed by atoms with E-state index in [1.165, 1.54) is 19.3 Å². The zero-order chi connectivity index (χ0) is 8.20. The van der Waals surface area contributed by atoms with E-state index in [1.54, 1.807) is 0 Å². The lowest BCUT2D eigenvalue weighted by Crippen LogP contribution is -2.10. The molecule has 0 N–H and O–H groups in total. The third-order valence-corrected chi connectivity index (χ3v) is 2.56. The molecule has 0 rings (SSSR count). The topological polar surface area (TPSA) is 0 Å². The van der Waals surface area contributed by atoms with Crippen LogP contribution in [0.2, 0.25) is 5.31 Å². The molecular weight excluding hydrogens is 119 g/mol. The molecule has 0 aliphatic rings. The van der Waals surface area contributed by atoms with E-state index >= 15 is 0 Å². The summed E-state index contributed by atoms with van der Waals surface area (Å²) >= 11 is 0. The van der Waals surface area contributed by atoms with E-state index in [1.807, 2.05) is 0 Å². The molecule has 10 heavy (non-hydrogen) atoms. The fourth-order valence-electron chi connectivity index (χ4n) is 1.23. The van der Waals surface area contributed by atoms with Crippen molar-refractivity contribution >= 4 is 7.85 Å². The van der Waals surface area contributed by atoms with Gasteiger partial charge < -0.3 is 0 Å². The van der Waals surface area contributed by atoms with Gasteiger partial charge in [0, 0.05) is 0 Å². The van der Waals surface area contributed by atoms with Crippen LogP contribution in [0.4, 0.5) is 0 Å². The molecular formula is C9H21B. The highest BCUT2D eigenvalue weighted by molar-refractivity contribution is 6.14. The van der Waals surface area contributed by atoms with Crippen molar-refractivity contribution in [1.29, 1.82) is 0 Å². The van der Waals surface area contributed by atoms with Crippen molar-refractivity contribution < 1.29 is 0 Å². The Bertz CT molecular complexity index is 86.7. The summed E-state index contributed by atoms with van der Waals surface area (Å²) in [5.74, 6) is 0.898. The Morgan fingerprint density at radius 1 is 1.40 bits per heavy atom. The molecule has 0 fully saturated rings. The van der Waals surface area contributed by atoms with Crippen LogP contribution in [-0.4, -0.2) is 7.85 Å². The molecule has 0 heterocycles. The quantitative estimate of drug-likeness (QED) is 0.526. The highest BCUT2D eigenvalue weighted by atomic mass is 14.2. The molecule has 60 valence electrons. The zero-order valence-corrected chi connectivity index (χ0v) is 8.20. The van der Waals surface area contributed by atoms with Gasteiger partial charge in [0.1, 0.15) is 7.85 Å². The van der Waals surface area contributed by atoms with Gasteiger partial charge in [-0.05, 0) is 5.92 Å². The van der Waals surface area contributed by atoms with Gasteiger partial charge in [-0.1, -0.05) is 52.3 Å². The predicted molar refractivity (Wildman–Crippen MR) is 51.3 cm³/mol. The molecule has 0 aliphatic heterocycles. The Morgan fingerprint density at radius 3 is 2.20 bits per heavy atom. The van der Waals surface area contributed by atoms with Crippen LogP contribution in [0.15, 0.2) is 0 Å². The minimum absolute atomic E-state index is 0.565. The minimum Gasteiger partial charge on any atom is -0.0669 e. The molecule has 0 radical (unpaired) electrons. The Balaban J connectivity index is 3.64. The van der Waals surface area contributed by atoms with Crippen molar-refractivity contribution in [1.82, 2.24) is 0 Å². The molecule has 0 saturated heterocycles. The van der Waals surface area contributed by atoms with Gasteiger partial charge in [-0.2, -0.15) is 0 Å². The first-order chi connectivity index (χ1) is 4.52. The van der Waals surface area contributed by atoms with Gasteiger partial charge in [0.2, 0.25) is 0 Å². The van der Waals surface area contributed by atoms with Crippen LogP contribution in [0.3, 0.4) is 0 Å². The fourth-order valence-corrected chi connectivity index (χ4v) is 1.23. The Morgan fingerprint density at radius 2 is 1.90 bits per heavy atom. The van der Waals surface area contributed by atoms with E-state index < -0.39 is 0 Å². The van der Waals surface area contributed by atoms with Crippen molar-refractivity contribution in [2.75, 3.05) is 0 Å². The Labute approximate surface area is 66.8 Å². The maximum atomic E-state index is 2.36. The zero-order valence-electron chi connectivity index (χ0n) is 8.20. The first-order valence-electron chi connectivity index (χ1n) is 4.52. The summed E-state index contributed by atoms with van der Waals surface area (Å²) in [7, 11) is 2.36. The summed E-state index contributed by atoms with van der Waals surface area (Å²) in [6, 6.07) is 0.